The van der Waals surface area contributed by atoms with E-state index in [4.69, 9.17) is 0 Å². The van der Waals surface area contributed by atoms with E-state index < -0.39 is 12.1 Å². The molecular formula is C66H113NO3. The Morgan fingerprint density at radius 3 is 0.914 bits per heavy atom. The predicted octanol–water partition coefficient (Wildman–Crippen LogP) is 20.0. The number of carbonyl (C=O) groups excluding carboxylic acids is 1. The first-order valence-corrected chi connectivity index (χ1v) is 29.7. The molecule has 0 fully saturated rings. The maximum Gasteiger partial charge on any atom is 0.220 e. The predicted molar refractivity (Wildman–Crippen MR) is 312 cm³/mol. The van der Waals surface area contributed by atoms with Gasteiger partial charge in [-0.3, -0.25) is 4.79 Å². The summed E-state index contributed by atoms with van der Waals surface area (Å²) in [6, 6.07) is -0.570. The Morgan fingerprint density at radius 1 is 0.357 bits per heavy atom. The third-order valence-corrected chi connectivity index (χ3v) is 13.0. The fraction of sp³-hybridized carbons (Fsp3) is 0.682. The molecule has 0 aliphatic rings. The number of allylic oxidation sites excluding steroid dienone is 20. The minimum atomic E-state index is -0.689. The van der Waals surface area contributed by atoms with Crippen LogP contribution in [0.3, 0.4) is 0 Å². The van der Waals surface area contributed by atoms with Gasteiger partial charge in [-0.05, 0) is 89.9 Å². The number of carbonyl (C=O) groups is 1. The highest BCUT2D eigenvalue weighted by Gasteiger charge is 2.20. The van der Waals surface area contributed by atoms with Gasteiger partial charge in [0.25, 0.3) is 0 Å². The molecule has 0 aliphatic carbocycles. The molecule has 0 radical (unpaired) electrons. The Morgan fingerprint density at radius 2 is 0.629 bits per heavy atom. The Balaban J connectivity index is 3.63. The molecule has 0 aromatic heterocycles. The fourth-order valence-corrected chi connectivity index (χ4v) is 8.51. The highest BCUT2D eigenvalue weighted by atomic mass is 16.3. The molecule has 4 heteroatoms. The van der Waals surface area contributed by atoms with Gasteiger partial charge >= 0.3 is 0 Å². The standard InChI is InChI=1S/C66H113NO3/c1-3-5-7-9-11-13-15-17-19-21-23-25-27-29-30-31-32-33-34-35-36-38-40-42-44-46-48-50-52-54-56-58-60-62-66(70)67-64(63-68)65(69)61-59-57-55-53-51-49-47-45-43-41-39-37-28-26-24-22-20-18-16-14-12-10-8-6-4-2/h5,7,11,13,17,19,23,25,29-30,32-33,35-36,40,42,46,48,52,54,64-65,68-69H,3-4,6,8-10,12,14-16,18,20-22,24,26-28,31,34,37-39,41,43-45,47,49-51,53,55-63H2,1-2H3,(H,67,70)/b7-5-,13-11-,19-17-,25-23-,30-29-,33-32-,36-35-,42-40-,48-46-,54-52-. The minimum absolute atomic E-state index is 0.0757. The van der Waals surface area contributed by atoms with Crippen LogP contribution in [0.4, 0.5) is 0 Å². The lowest BCUT2D eigenvalue weighted by atomic mass is 10.0. The smallest absolute Gasteiger partial charge is 0.220 e. The van der Waals surface area contributed by atoms with Crippen LogP contribution in [-0.4, -0.2) is 34.9 Å². The Bertz CT molecular complexity index is 1380. The number of amides is 1. The number of nitrogens with one attached hydrogen (secondary N) is 1. The molecule has 70 heavy (non-hydrogen) atoms. The summed E-state index contributed by atoms with van der Waals surface area (Å²) < 4.78 is 0. The SMILES string of the molecule is CC/C=C\C/C=C\C/C=C\C/C=C\C/C=C\C/C=C\C/C=C\C/C=C\C/C=C\C/C=C\CCCCC(=O)NC(CO)C(O)CCCCCCCCCCCCCCCCCCCCCCCCCCC. The highest BCUT2D eigenvalue weighted by Crippen LogP contribution is 2.17. The third kappa shape index (κ3) is 55.7. The van der Waals surface area contributed by atoms with Crippen molar-refractivity contribution in [1.29, 1.82) is 0 Å². The summed E-state index contributed by atoms with van der Waals surface area (Å²) in [5.74, 6) is -0.0757. The van der Waals surface area contributed by atoms with E-state index >= 15 is 0 Å². The van der Waals surface area contributed by atoms with Crippen molar-refractivity contribution in [3.05, 3.63) is 122 Å². The van der Waals surface area contributed by atoms with Crippen molar-refractivity contribution in [3.63, 3.8) is 0 Å². The van der Waals surface area contributed by atoms with Gasteiger partial charge in [0, 0.05) is 6.42 Å². The van der Waals surface area contributed by atoms with Gasteiger partial charge < -0.3 is 15.5 Å². The first-order chi connectivity index (χ1) is 34.7. The van der Waals surface area contributed by atoms with Gasteiger partial charge in [-0.2, -0.15) is 0 Å². The van der Waals surface area contributed by atoms with Crippen LogP contribution < -0.4 is 5.32 Å². The zero-order chi connectivity index (χ0) is 50.6. The van der Waals surface area contributed by atoms with E-state index in [2.05, 4.69) is 141 Å². The molecule has 400 valence electrons. The molecule has 0 aliphatic heterocycles. The summed E-state index contributed by atoms with van der Waals surface area (Å²) in [6.45, 7) is 4.24. The number of aliphatic hydroxyl groups is 2. The first-order valence-electron chi connectivity index (χ1n) is 29.7. The topological polar surface area (TPSA) is 69.6 Å². The zero-order valence-electron chi connectivity index (χ0n) is 46.0. The van der Waals surface area contributed by atoms with E-state index in [-0.39, 0.29) is 12.5 Å². The molecule has 0 rings (SSSR count). The molecule has 0 aromatic carbocycles. The second kappa shape index (κ2) is 60.1. The van der Waals surface area contributed by atoms with Crippen LogP contribution in [0, 0.1) is 0 Å². The second-order valence-corrected chi connectivity index (χ2v) is 19.7. The van der Waals surface area contributed by atoms with E-state index in [1.807, 2.05) is 0 Å². The Labute approximate surface area is 435 Å². The van der Waals surface area contributed by atoms with E-state index in [0.717, 1.165) is 96.3 Å². The van der Waals surface area contributed by atoms with E-state index in [9.17, 15) is 15.0 Å². The van der Waals surface area contributed by atoms with Crippen molar-refractivity contribution in [1.82, 2.24) is 5.32 Å². The largest absolute Gasteiger partial charge is 0.394 e. The maximum atomic E-state index is 12.5. The summed E-state index contributed by atoms with van der Waals surface area (Å²) >= 11 is 0. The van der Waals surface area contributed by atoms with Gasteiger partial charge in [-0.1, -0.05) is 296 Å². The van der Waals surface area contributed by atoms with Crippen LogP contribution in [0.5, 0.6) is 0 Å². The summed E-state index contributed by atoms with van der Waals surface area (Å²) in [4.78, 5) is 12.5. The van der Waals surface area contributed by atoms with Crippen LogP contribution in [-0.2, 0) is 4.79 Å². The van der Waals surface area contributed by atoms with Gasteiger partial charge in [-0.25, -0.2) is 0 Å². The lowest BCUT2D eigenvalue weighted by molar-refractivity contribution is -0.123. The normalized spacial score (nSPS) is 13.7. The summed E-state index contributed by atoms with van der Waals surface area (Å²) in [5, 5.41) is 23.3. The third-order valence-electron chi connectivity index (χ3n) is 13.0. The highest BCUT2D eigenvalue weighted by molar-refractivity contribution is 5.76. The molecule has 0 heterocycles. The molecule has 0 bridgehead atoms. The Hall–Kier alpha value is -3.21. The van der Waals surface area contributed by atoms with Crippen molar-refractivity contribution in [2.24, 2.45) is 0 Å². The number of hydrogen-bond donors (Lipinski definition) is 3. The summed E-state index contributed by atoms with van der Waals surface area (Å²) in [7, 11) is 0. The molecule has 4 nitrogen and oxygen atoms in total. The maximum absolute atomic E-state index is 12.5. The molecule has 2 atom stereocenters. The van der Waals surface area contributed by atoms with Gasteiger partial charge in [0.1, 0.15) is 0 Å². The van der Waals surface area contributed by atoms with Crippen molar-refractivity contribution in [2.45, 2.75) is 283 Å². The van der Waals surface area contributed by atoms with Crippen molar-refractivity contribution in [2.75, 3.05) is 6.61 Å². The van der Waals surface area contributed by atoms with Crippen molar-refractivity contribution >= 4 is 5.91 Å². The van der Waals surface area contributed by atoms with Gasteiger partial charge in [0.15, 0.2) is 0 Å². The van der Waals surface area contributed by atoms with Gasteiger partial charge in [-0.15, -0.1) is 0 Å². The van der Waals surface area contributed by atoms with Crippen molar-refractivity contribution in [3.8, 4) is 0 Å². The molecule has 2 unspecified atom stereocenters. The van der Waals surface area contributed by atoms with Gasteiger partial charge in [0.2, 0.25) is 5.91 Å². The first kappa shape index (κ1) is 66.8. The van der Waals surface area contributed by atoms with Crippen LogP contribution in [0.15, 0.2) is 122 Å². The molecule has 0 saturated heterocycles. The quantitative estimate of drug-likeness (QED) is 0.0420. The van der Waals surface area contributed by atoms with Crippen LogP contribution >= 0.6 is 0 Å². The Kier molecular flexibility index (Phi) is 57.3. The number of unbranched alkanes of at least 4 members (excludes halogenated alkanes) is 26. The second-order valence-electron chi connectivity index (χ2n) is 19.7. The van der Waals surface area contributed by atoms with Crippen LogP contribution in [0.1, 0.15) is 271 Å². The lowest BCUT2D eigenvalue weighted by Crippen LogP contribution is -2.45. The summed E-state index contributed by atoms with van der Waals surface area (Å²) in [5.41, 5.74) is 0. The van der Waals surface area contributed by atoms with E-state index in [1.54, 1.807) is 0 Å². The number of rotatable bonds is 53. The molecule has 3 N–H and O–H groups in total. The van der Waals surface area contributed by atoms with Crippen LogP contribution in [0.2, 0.25) is 0 Å². The van der Waals surface area contributed by atoms with Crippen LogP contribution in [0.25, 0.3) is 0 Å². The molecular weight excluding hydrogens is 855 g/mol. The van der Waals surface area contributed by atoms with E-state index in [1.165, 1.54) is 148 Å². The minimum Gasteiger partial charge on any atom is -0.394 e. The fourth-order valence-electron chi connectivity index (χ4n) is 8.51. The summed E-state index contributed by atoms with van der Waals surface area (Å²) in [6.07, 6.45) is 91.9. The lowest BCUT2D eigenvalue weighted by Gasteiger charge is -2.22. The molecule has 0 saturated carbocycles. The zero-order valence-corrected chi connectivity index (χ0v) is 46.0. The molecule has 1 amide bonds. The monoisotopic (exact) mass is 968 g/mol. The molecule has 0 aromatic rings. The average Bonchev–Trinajstić information content (AvgIpc) is 3.36. The van der Waals surface area contributed by atoms with E-state index in [0.29, 0.717) is 12.8 Å². The number of aliphatic hydroxyl groups excluding tert-OH is 2. The van der Waals surface area contributed by atoms with Gasteiger partial charge in [0.05, 0.1) is 18.8 Å². The molecule has 0 spiro atoms. The average molecular weight is 969 g/mol. The number of hydrogen-bond acceptors (Lipinski definition) is 3. The van der Waals surface area contributed by atoms with Crippen molar-refractivity contribution < 1.29 is 15.0 Å².